The van der Waals surface area contributed by atoms with Crippen LogP contribution in [0.4, 0.5) is 10.5 Å². The first kappa shape index (κ1) is 15.1. The summed E-state index contributed by atoms with van der Waals surface area (Å²) in [6, 6.07) is 15.4. The molecule has 0 aliphatic heterocycles. The van der Waals surface area contributed by atoms with E-state index in [-0.39, 0.29) is 12.1 Å². The fraction of sp³-hybridized carbons (Fsp3) is 0.211. The van der Waals surface area contributed by atoms with Gasteiger partial charge in [0, 0.05) is 33.3 Å². The minimum absolute atomic E-state index is 0.135. The van der Waals surface area contributed by atoms with Crippen molar-refractivity contribution in [3.8, 4) is 0 Å². The number of H-pyrrole nitrogens is 1. The highest BCUT2D eigenvalue weighted by molar-refractivity contribution is 6.31. The van der Waals surface area contributed by atoms with E-state index in [0.29, 0.717) is 0 Å². The molecule has 1 unspecified atom stereocenters. The molecular weight excluding hydrogens is 322 g/mol. The van der Waals surface area contributed by atoms with E-state index in [1.165, 1.54) is 16.6 Å². The van der Waals surface area contributed by atoms with Gasteiger partial charge in [0.15, 0.2) is 0 Å². The van der Waals surface area contributed by atoms with E-state index >= 15 is 0 Å². The first-order valence-corrected chi connectivity index (χ1v) is 8.48. The van der Waals surface area contributed by atoms with Crippen molar-refractivity contribution in [2.24, 2.45) is 0 Å². The molecule has 1 aromatic heterocycles. The van der Waals surface area contributed by atoms with E-state index in [9.17, 15) is 4.79 Å². The monoisotopic (exact) mass is 339 g/mol. The van der Waals surface area contributed by atoms with Crippen LogP contribution in [0.3, 0.4) is 0 Å². The lowest BCUT2D eigenvalue weighted by Crippen LogP contribution is -2.41. The van der Waals surface area contributed by atoms with Gasteiger partial charge in [0.1, 0.15) is 0 Å². The van der Waals surface area contributed by atoms with Crippen molar-refractivity contribution in [2.75, 3.05) is 5.32 Å². The number of halogens is 1. The Labute approximate surface area is 145 Å². The molecule has 2 aromatic carbocycles. The molecule has 1 aliphatic carbocycles. The van der Waals surface area contributed by atoms with E-state index in [4.69, 9.17) is 11.6 Å². The van der Waals surface area contributed by atoms with E-state index in [2.05, 4.69) is 21.7 Å². The van der Waals surface area contributed by atoms with Gasteiger partial charge in [-0.3, -0.25) is 0 Å². The third-order valence-electron chi connectivity index (χ3n) is 4.52. The lowest BCUT2D eigenvalue weighted by molar-refractivity contribution is 0.247. The van der Waals surface area contributed by atoms with Crippen LogP contribution in [0.25, 0.3) is 10.9 Å². The Hall–Kier alpha value is -2.46. The second-order valence-electron chi connectivity index (χ2n) is 6.18. The first-order valence-electron chi connectivity index (χ1n) is 8.10. The minimum atomic E-state index is -0.155. The van der Waals surface area contributed by atoms with Gasteiger partial charge in [-0.25, -0.2) is 4.79 Å². The summed E-state index contributed by atoms with van der Waals surface area (Å²) in [6.07, 6.45) is 2.69. The Bertz CT molecular complexity index is 888. The first-order chi connectivity index (χ1) is 11.7. The Morgan fingerprint density at radius 2 is 2.00 bits per heavy atom. The van der Waals surface area contributed by atoms with Crippen molar-refractivity contribution >= 4 is 34.2 Å². The molecule has 1 aliphatic rings. The second-order valence-corrected chi connectivity index (χ2v) is 6.61. The second kappa shape index (κ2) is 6.21. The molecule has 4 nitrogen and oxygen atoms in total. The third kappa shape index (κ3) is 2.97. The highest BCUT2D eigenvalue weighted by Gasteiger charge is 2.23. The largest absolute Gasteiger partial charge is 0.358 e. The van der Waals surface area contributed by atoms with Gasteiger partial charge in [-0.1, -0.05) is 35.9 Å². The predicted octanol–water partition coefficient (Wildman–Crippen LogP) is 4.50. The van der Waals surface area contributed by atoms with Crippen molar-refractivity contribution in [3.63, 3.8) is 0 Å². The molecule has 24 heavy (non-hydrogen) atoms. The number of nitrogens with one attached hydrogen (secondary N) is 3. The van der Waals surface area contributed by atoms with Gasteiger partial charge >= 0.3 is 6.03 Å². The molecule has 122 valence electrons. The van der Waals surface area contributed by atoms with Crippen LogP contribution in [-0.4, -0.2) is 17.1 Å². The summed E-state index contributed by atoms with van der Waals surface area (Å²) in [4.78, 5) is 15.6. The van der Waals surface area contributed by atoms with Gasteiger partial charge in [0.05, 0.1) is 0 Å². The van der Waals surface area contributed by atoms with Crippen LogP contribution < -0.4 is 10.6 Å². The van der Waals surface area contributed by atoms with Gasteiger partial charge < -0.3 is 15.6 Å². The molecule has 1 atom stereocenters. The summed E-state index contributed by atoms with van der Waals surface area (Å²) in [7, 11) is 0. The molecule has 0 saturated heterocycles. The molecule has 3 aromatic rings. The fourth-order valence-corrected chi connectivity index (χ4v) is 3.57. The van der Waals surface area contributed by atoms with Gasteiger partial charge in [-0.15, -0.1) is 0 Å². The number of carbonyl (C=O) groups excluding carboxylic acids is 1. The number of hydrogen-bond donors (Lipinski definition) is 3. The Morgan fingerprint density at radius 3 is 2.83 bits per heavy atom. The summed E-state index contributed by atoms with van der Waals surface area (Å²) in [5.74, 6) is 0. The molecule has 0 saturated carbocycles. The number of amides is 2. The van der Waals surface area contributed by atoms with E-state index < -0.39 is 0 Å². The average molecular weight is 340 g/mol. The molecule has 0 radical (unpaired) electrons. The SMILES string of the molecule is O=C(Nc1ccccc1)NC1CCc2[nH]c3cc(Cl)ccc3c2C1. The van der Waals surface area contributed by atoms with Crippen molar-refractivity contribution < 1.29 is 4.79 Å². The maximum atomic E-state index is 12.2. The van der Waals surface area contributed by atoms with Crippen LogP contribution in [0.5, 0.6) is 0 Å². The highest BCUT2D eigenvalue weighted by Crippen LogP contribution is 2.30. The molecule has 5 heteroatoms. The van der Waals surface area contributed by atoms with Crippen LogP contribution in [0, 0.1) is 0 Å². The van der Waals surface area contributed by atoms with Crippen LogP contribution in [0.15, 0.2) is 48.5 Å². The van der Waals surface area contributed by atoms with E-state index in [0.717, 1.165) is 35.5 Å². The minimum Gasteiger partial charge on any atom is -0.358 e. The number of aromatic nitrogens is 1. The fourth-order valence-electron chi connectivity index (χ4n) is 3.39. The van der Waals surface area contributed by atoms with Crippen LogP contribution in [0.1, 0.15) is 17.7 Å². The number of anilines is 1. The summed E-state index contributed by atoms with van der Waals surface area (Å²) < 4.78 is 0. The third-order valence-corrected chi connectivity index (χ3v) is 4.75. The number of hydrogen-bond acceptors (Lipinski definition) is 1. The molecule has 4 rings (SSSR count). The maximum absolute atomic E-state index is 12.2. The topological polar surface area (TPSA) is 56.9 Å². The van der Waals surface area contributed by atoms with Crippen molar-refractivity contribution in [1.82, 2.24) is 10.3 Å². The Kier molecular flexibility index (Phi) is 3.90. The molecule has 3 N–H and O–H groups in total. The number of aromatic amines is 1. The van der Waals surface area contributed by atoms with Crippen LogP contribution in [-0.2, 0) is 12.8 Å². The van der Waals surface area contributed by atoms with Crippen molar-refractivity contribution in [3.05, 3.63) is 64.8 Å². The van der Waals surface area contributed by atoms with Gasteiger partial charge in [0.25, 0.3) is 0 Å². The maximum Gasteiger partial charge on any atom is 0.319 e. The van der Waals surface area contributed by atoms with E-state index in [1.807, 2.05) is 42.5 Å². The molecule has 0 bridgehead atoms. The van der Waals surface area contributed by atoms with Gasteiger partial charge in [0.2, 0.25) is 0 Å². The van der Waals surface area contributed by atoms with Crippen LogP contribution in [0.2, 0.25) is 5.02 Å². The van der Waals surface area contributed by atoms with Crippen molar-refractivity contribution in [1.29, 1.82) is 0 Å². The van der Waals surface area contributed by atoms with Gasteiger partial charge in [-0.05, 0) is 49.1 Å². The number of benzene rings is 2. The number of rotatable bonds is 2. The number of para-hydroxylation sites is 1. The Morgan fingerprint density at radius 1 is 1.17 bits per heavy atom. The summed E-state index contributed by atoms with van der Waals surface area (Å²) in [5.41, 5.74) is 4.42. The smallest absolute Gasteiger partial charge is 0.319 e. The molecule has 2 amide bonds. The number of fused-ring (bicyclic) bond motifs is 3. The number of aryl methyl sites for hydroxylation is 1. The lowest BCUT2D eigenvalue weighted by atomic mass is 9.91. The average Bonchev–Trinajstić information content (AvgIpc) is 2.92. The molecular formula is C19H18ClN3O. The normalized spacial score (nSPS) is 16.6. The zero-order valence-corrected chi connectivity index (χ0v) is 13.9. The van der Waals surface area contributed by atoms with Crippen molar-refractivity contribution in [2.45, 2.75) is 25.3 Å². The summed E-state index contributed by atoms with van der Waals surface area (Å²) >= 11 is 6.07. The number of carbonyl (C=O) groups is 1. The number of urea groups is 1. The predicted molar refractivity (Wildman–Crippen MR) is 97.7 cm³/mol. The zero-order chi connectivity index (χ0) is 16.5. The van der Waals surface area contributed by atoms with Gasteiger partial charge in [-0.2, -0.15) is 0 Å². The molecule has 0 spiro atoms. The Balaban J connectivity index is 1.48. The van der Waals surface area contributed by atoms with E-state index in [1.54, 1.807) is 0 Å². The lowest BCUT2D eigenvalue weighted by Gasteiger charge is -2.23. The summed E-state index contributed by atoms with van der Waals surface area (Å²) in [5, 5.41) is 7.89. The standard InChI is InChI=1S/C19H18ClN3O/c20-12-6-8-15-16-11-14(7-9-17(16)23-18(15)10-12)22-19(24)21-13-4-2-1-3-5-13/h1-6,8,10,14,23H,7,9,11H2,(H2,21,22,24). The quantitative estimate of drug-likeness (QED) is 0.632. The van der Waals surface area contributed by atoms with Crippen LogP contribution >= 0.6 is 11.6 Å². The zero-order valence-electron chi connectivity index (χ0n) is 13.1. The summed E-state index contributed by atoms with van der Waals surface area (Å²) in [6.45, 7) is 0. The molecule has 0 fully saturated rings. The molecule has 1 heterocycles. The highest BCUT2D eigenvalue weighted by atomic mass is 35.5.